The number of nitrogens with zero attached hydrogens (tertiary/aromatic N) is 4. The second-order valence-electron chi connectivity index (χ2n) is 6.79. The summed E-state index contributed by atoms with van der Waals surface area (Å²) in [6.45, 7) is 4.36. The van der Waals surface area contributed by atoms with Gasteiger partial charge in [-0.25, -0.2) is 13.5 Å². The molecular weight excluding hydrogens is 362 g/mol. The van der Waals surface area contributed by atoms with Crippen molar-refractivity contribution in [2.24, 2.45) is 0 Å². The predicted molar refractivity (Wildman–Crippen MR) is 103 cm³/mol. The SMILES string of the molecule is Cc1c(C(=O)N2CCN(c3ccc(F)cc3)CC2)cnn1-c1ccc(F)cc1. The Morgan fingerprint density at radius 1 is 0.857 bits per heavy atom. The van der Waals surface area contributed by atoms with Crippen LogP contribution < -0.4 is 4.90 Å². The van der Waals surface area contributed by atoms with E-state index in [-0.39, 0.29) is 17.5 Å². The molecule has 2 aromatic carbocycles. The van der Waals surface area contributed by atoms with Gasteiger partial charge in [0.05, 0.1) is 23.1 Å². The van der Waals surface area contributed by atoms with Crippen molar-refractivity contribution in [3.05, 3.63) is 77.6 Å². The molecule has 0 N–H and O–H groups in total. The van der Waals surface area contributed by atoms with Crippen molar-refractivity contribution < 1.29 is 13.6 Å². The van der Waals surface area contributed by atoms with Gasteiger partial charge in [-0.15, -0.1) is 0 Å². The van der Waals surface area contributed by atoms with Crippen LogP contribution in [0.2, 0.25) is 0 Å². The van der Waals surface area contributed by atoms with E-state index in [1.807, 2.05) is 6.92 Å². The van der Waals surface area contributed by atoms with Gasteiger partial charge in [-0.3, -0.25) is 4.79 Å². The Morgan fingerprint density at radius 2 is 1.39 bits per heavy atom. The third-order valence-electron chi connectivity index (χ3n) is 5.07. The topological polar surface area (TPSA) is 41.4 Å². The summed E-state index contributed by atoms with van der Waals surface area (Å²) in [7, 11) is 0. The van der Waals surface area contributed by atoms with Crippen molar-refractivity contribution in [2.45, 2.75) is 6.92 Å². The summed E-state index contributed by atoms with van der Waals surface area (Å²) in [6, 6.07) is 12.4. The molecule has 1 saturated heterocycles. The number of carbonyl (C=O) groups is 1. The molecule has 0 bridgehead atoms. The van der Waals surface area contributed by atoms with E-state index in [1.54, 1.807) is 40.0 Å². The Hall–Kier alpha value is -3.22. The molecule has 0 radical (unpaired) electrons. The summed E-state index contributed by atoms with van der Waals surface area (Å²) in [5.41, 5.74) is 2.92. The minimum atomic E-state index is -0.316. The molecule has 1 aromatic heterocycles. The first kappa shape index (κ1) is 18.2. The molecule has 0 unspecified atom stereocenters. The van der Waals surface area contributed by atoms with Gasteiger partial charge in [0.2, 0.25) is 0 Å². The van der Waals surface area contributed by atoms with E-state index in [0.29, 0.717) is 37.4 Å². The Kier molecular flexibility index (Phi) is 4.81. The quantitative estimate of drug-likeness (QED) is 0.697. The second-order valence-corrected chi connectivity index (χ2v) is 6.79. The lowest BCUT2D eigenvalue weighted by molar-refractivity contribution is 0.0746. The summed E-state index contributed by atoms with van der Waals surface area (Å²) in [4.78, 5) is 16.9. The van der Waals surface area contributed by atoms with Gasteiger partial charge in [-0.05, 0) is 55.5 Å². The number of hydrogen-bond acceptors (Lipinski definition) is 3. The van der Waals surface area contributed by atoms with Gasteiger partial charge in [-0.2, -0.15) is 5.10 Å². The van der Waals surface area contributed by atoms with E-state index in [0.717, 1.165) is 11.4 Å². The number of carbonyl (C=O) groups excluding carboxylic acids is 1. The van der Waals surface area contributed by atoms with Crippen LogP contribution in [0.15, 0.2) is 54.7 Å². The highest BCUT2D eigenvalue weighted by Crippen LogP contribution is 2.20. The van der Waals surface area contributed by atoms with Crippen LogP contribution in [-0.4, -0.2) is 46.8 Å². The number of piperazine rings is 1. The van der Waals surface area contributed by atoms with Crippen LogP contribution in [-0.2, 0) is 0 Å². The second kappa shape index (κ2) is 7.42. The highest BCUT2D eigenvalue weighted by Gasteiger charge is 2.25. The number of rotatable bonds is 3. The monoisotopic (exact) mass is 382 g/mol. The molecule has 1 fully saturated rings. The molecule has 7 heteroatoms. The zero-order valence-corrected chi connectivity index (χ0v) is 15.5. The molecule has 28 heavy (non-hydrogen) atoms. The van der Waals surface area contributed by atoms with Crippen LogP contribution in [0.1, 0.15) is 16.1 Å². The maximum atomic E-state index is 13.1. The van der Waals surface area contributed by atoms with Gasteiger partial charge in [0.25, 0.3) is 5.91 Å². The van der Waals surface area contributed by atoms with Crippen molar-refractivity contribution >= 4 is 11.6 Å². The molecule has 4 rings (SSSR count). The third kappa shape index (κ3) is 3.47. The highest BCUT2D eigenvalue weighted by molar-refractivity contribution is 5.95. The van der Waals surface area contributed by atoms with E-state index >= 15 is 0 Å². The molecule has 0 aliphatic carbocycles. The fourth-order valence-electron chi connectivity index (χ4n) is 3.45. The van der Waals surface area contributed by atoms with Crippen LogP contribution in [0, 0.1) is 18.6 Å². The Balaban J connectivity index is 1.46. The minimum Gasteiger partial charge on any atom is -0.368 e. The van der Waals surface area contributed by atoms with Crippen molar-refractivity contribution in [3.63, 3.8) is 0 Å². The lowest BCUT2D eigenvalue weighted by Crippen LogP contribution is -2.48. The average molecular weight is 382 g/mol. The van der Waals surface area contributed by atoms with Gasteiger partial charge in [0.15, 0.2) is 0 Å². The standard InChI is InChI=1S/C21H20F2N4O/c1-15-20(14-24-27(15)19-8-4-17(23)5-9-19)21(28)26-12-10-25(11-13-26)18-6-2-16(22)3-7-18/h2-9,14H,10-13H2,1H3. The molecule has 0 atom stereocenters. The first-order valence-electron chi connectivity index (χ1n) is 9.13. The number of hydrogen-bond donors (Lipinski definition) is 0. The average Bonchev–Trinajstić information content (AvgIpc) is 3.10. The van der Waals surface area contributed by atoms with Gasteiger partial charge >= 0.3 is 0 Å². The van der Waals surface area contributed by atoms with E-state index < -0.39 is 0 Å². The van der Waals surface area contributed by atoms with E-state index in [4.69, 9.17) is 0 Å². The van der Waals surface area contributed by atoms with E-state index in [9.17, 15) is 13.6 Å². The van der Waals surface area contributed by atoms with Crippen LogP contribution in [0.4, 0.5) is 14.5 Å². The van der Waals surface area contributed by atoms with Gasteiger partial charge in [0.1, 0.15) is 11.6 Å². The normalized spacial score (nSPS) is 14.4. The minimum absolute atomic E-state index is 0.0652. The largest absolute Gasteiger partial charge is 0.368 e. The fraction of sp³-hybridized carbons (Fsp3) is 0.238. The molecule has 1 aliphatic heterocycles. The molecule has 0 spiro atoms. The number of benzene rings is 2. The van der Waals surface area contributed by atoms with Crippen molar-refractivity contribution in [1.82, 2.24) is 14.7 Å². The first-order valence-corrected chi connectivity index (χ1v) is 9.13. The zero-order valence-electron chi connectivity index (χ0n) is 15.5. The predicted octanol–water partition coefficient (Wildman–Crippen LogP) is 3.42. The summed E-state index contributed by atoms with van der Waals surface area (Å²) in [6.07, 6.45) is 1.56. The fourth-order valence-corrected chi connectivity index (χ4v) is 3.45. The molecule has 2 heterocycles. The summed E-state index contributed by atoms with van der Waals surface area (Å²) in [5, 5.41) is 4.30. The first-order chi connectivity index (χ1) is 13.5. The lowest BCUT2D eigenvalue weighted by Gasteiger charge is -2.36. The smallest absolute Gasteiger partial charge is 0.257 e. The lowest BCUT2D eigenvalue weighted by atomic mass is 10.2. The van der Waals surface area contributed by atoms with Gasteiger partial charge in [0, 0.05) is 31.9 Å². The maximum absolute atomic E-state index is 13.1. The molecular formula is C21H20F2N4O. The molecule has 3 aromatic rings. The van der Waals surface area contributed by atoms with E-state index in [2.05, 4.69) is 10.00 Å². The maximum Gasteiger partial charge on any atom is 0.257 e. The Bertz CT molecular complexity index is 975. The highest BCUT2D eigenvalue weighted by atomic mass is 19.1. The van der Waals surface area contributed by atoms with Crippen LogP contribution in [0.5, 0.6) is 0 Å². The Morgan fingerprint density at radius 3 is 1.96 bits per heavy atom. The molecule has 0 saturated carbocycles. The van der Waals surface area contributed by atoms with Crippen molar-refractivity contribution in [3.8, 4) is 5.69 Å². The van der Waals surface area contributed by atoms with Crippen LogP contribution in [0.25, 0.3) is 5.69 Å². The number of aromatic nitrogens is 2. The van der Waals surface area contributed by atoms with Crippen LogP contribution in [0.3, 0.4) is 0 Å². The zero-order chi connectivity index (χ0) is 19.7. The molecule has 144 valence electrons. The third-order valence-corrected chi connectivity index (χ3v) is 5.07. The summed E-state index contributed by atoms with van der Waals surface area (Å²) in [5.74, 6) is -0.639. The number of anilines is 1. The number of amides is 1. The van der Waals surface area contributed by atoms with Gasteiger partial charge in [-0.1, -0.05) is 0 Å². The summed E-state index contributed by atoms with van der Waals surface area (Å²) < 4.78 is 27.9. The van der Waals surface area contributed by atoms with Crippen molar-refractivity contribution in [1.29, 1.82) is 0 Å². The Labute approximate surface area is 161 Å². The molecule has 1 aliphatic rings. The van der Waals surface area contributed by atoms with Crippen LogP contribution >= 0.6 is 0 Å². The molecule has 5 nitrogen and oxygen atoms in total. The number of halogens is 2. The van der Waals surface area contributed by atoms with Crippen molar-refractivity contribution in [2.75, 3.05) is 31.1 Å². The van der Waals surface area contributed by atoms with Gasteiger partial charge < -0.3 is 9.80 Å². The van der Waals surface area contributed by atoms with E-state index in [1.165, 1.54) is 24.3 Å². The summed E-state index contributed by atoms with van der Waals surface area (Å²) >= 11 is 0. The molecule has 1 amide bonds.